The average Bonchev–Trinajstić information content (AvgIpc) is 2.38. The van der Waals surface area contributed by atoms with Gasteiger partial charge in [-0.15, -0.1) is 0 Å². The van der Waals surface area contributed by atoms with Gasteiger partial charge in [0.15, 0.2) is 0 Å². The summed E-state index contributed by atoms with van der Waals surface area (Å²) in [4.78, 5) is 0. The van der Waals surface area contributed by atoms with Gasteiger partial charge in [-0.2, -0.15) is 12.7 Å². The zero-order valence-electron chi connectivity index (χ0n) is 11.6. The molecule has 112 valence electrons. The minimum atomic E-state index is -3.64. The fraction of sp³-hybridized carbons (Fsp3) is 0.538. The molecule has 7 heteroatoms. The van der Waals surface area contributed by atoms with Crippen LogP contribution in [0.2, 0.25) is 0 Å². The van der Waals surface area contributed by atoms with Gasteiger partial charge in [-0.25, -0.2) is 0 Å². The molecule has 0 aliphatic carbocycles. The van der Waals surface area contributed by atoms with Gasteiger partial charge in [0.2, 0.25) is 0 Å². The normalized spacial score (nSPS) is 24.6. The molecule has 0 aromatic heterocycles. The highest BCUT2D eigenvalue weighted by Gasteiger charge is 2.31. The van der Waals surface area contributed by atoms with Gasteiger partial charge < -0.3 is 9.84 Å². The van der Waals surface area contributed by atoms with E-state index in [9.17, 15) is 13.5 Å². The second-order valence-electron chi connectivity index (χ2n) is 5.00. The lowest BCUT2D eigenvalue weighted by Gasteiger charge is -2.34. The number of ether oxygens (including phenoxy) is 1. The van der Waals surface area contributed by atoms with Crippen molar-refractivity contribution in [2.75, 3.05) is 17.8 Å². The van der Waals surface area contributed by atoms with E-state index in [0.717, 1.165) is 0 Å². The van der Waals surface area contributed by atoms with Crippen LogP contribution in [0.1, 0.15) is 19.4 Å². The lowest BCUT2D eigenvalue weighted by molar-refractivity contribution is -0.0439. The number of benzene rings is 1. The number of nitrogens with one attached hydrogen (secondary N) is 1. The zero-order valence-corrected chi connectivity index (χ0v) is 12.4. The van der Waals surface area contributed by atoms with Crippen LogP contribution in [0.3, 0.4) is 0 Å². The van der Waals surface area contributed by atoms with Crippen molar-refractivity contribution in [2.24, 2.45) is 0 Å². The Bertz CT molecular complexity index is 551. The lowest BCUT2D eigenvalue weighted by Crippen LogP contribution is -2.50. The summed E-state index contributed by atoms with van der Waals surface area (Å²) in [5.41, 5.74) is 0.951. The summed E-state index contributed by atoms with van der Waals surface area (Å²) in [6.45, 7) is 4.12. The fourth-order valence-electron chi connectivity index (χ4n) is 2.29. The largest absolute Gasteiger partial charge is 0.392 e. The third-order valence-corrected chi connectivity index (χ3v) is 4.61. The van der Waals surface area contributed by atoms with Crippen LogP contribution < -0.4 is 4.72 Å². The van der Waals surface area contributed by atoms with Gasteiger partial charge in [0.05, 0.1) is 24.5 Å². The molecule has 1 aromatic rings. The quantitative estimate of drug-likeness (QED) is 0.867. The summed E-state index contributed by atoms with van der Waals surface area (Å²) in [5, 5.41) is 9.24. The van der Waals surface area contributed by atoms with Crippen molar-refractivity contribution >= 4 is 15.9 Å². The monoisotopic (exact) mass is 300 g/mol. The van der Waals surface area contributed by atoms with Gasteiger partial charge in [-0.1, -0.05) is 18.2 Å². The van der Waals surface area contributed by atoms with Crippen LogP contribution in [0.25, 0.3) is 0 Å². The first-order valence-corrected chi connectivity index (χ1v) is 7.98. The molecule has 1 fully saturated rings. The van der Waals surface area contributed by atoms with Gasteiger partial charge in [-0.3, -0.25) is 4.72 Å². The Morgan fingerprint density at radius 2 is 1.90 bits per heavy atom. The van der Waals surface area contributed by atoms with Crippen molar-refractivity contribution in [1.29, 1.82) is 0 Å². The molecule has 0 saturated carbocycles. The number of para-hydroxylation sites is 1. The molecule has 1 saturated heterocycles. The SMILES string of the molecule is CC1CN(S(=O)(=O)Nc2ccccc2CO)CC(C)O1. The summed E-state index contributed by atoms with van der Waals surface area (Å²) >= 11 is 0. The third-order valence-electron chi connectivity index (χ3n) is 3.15. The Balaban J connectivity index is 2.18. The Morgan fingerprint density at radius 1 is 1.30 bits per heavy atom. The average molecular weight is 300 g/mol. The van der Waals surface area contributed by atoms with Crippen LogP contribution >= 0.6 is 0 Å². The summed E-state index contributed by atoms with van der Waals surface area (Å²) < 4.78 is 34.2. The van der Waals surface area contributed by atoms with E-state index >= 15 is 0 Å². The second-order valence-corrected chi connectivity index (χ2v) is 6.67. The van der Waals surface area contributed by atoms with Crippen LogP contribution in [-0.2, 0) is 21.6 Å². The Kier molecular flexibility index (Phi) is 4.64. The number of aliphatic hydroxyl groups is 1. The fourth-order valence-corrected chi connectivity index (χ4v) is 3.71. The summed E-state index contributed by atoms with van der Waals surface area (Å²) in [6, 6.07) is 6.79. The number of rotatable bonds is 4. The molecule has 1 aliphatic heterocycles. The van der Waals surface area contributed by atoms with E-state index in [-0.39, 0.29) is 18.8 Å². The van der Waals surface area contributed by atoms with E-state index in [1.54, 1.807) is 24.3 Å². The van der Waals surface area contributed by atoms with Gasteiger partial charge >= 0.3 is 10.2 Å². The van der Waals surface area contributed by atoms with Gasteiger partial charge in [0, 0.05) is 18.7 Å². The van der Waals surface area contributed by atoms with Gasteiger partial charge in [0.1, 0.15) is 0 Å². The minimum absolute atomic E-state index is 0.136. The van der Waals surface area contributed by atoms with Crippen molar-refractivity contribution in [3.05, 3.63) is 29.8 Å². The molecule has 1 aliphatic rings. The Hall–Kier alpha value is -1.15. The van der Waals surface area contributed by atoms with Crippen molar-refractivity contribution in [1.82, 2.24) is 4.31 Å². The van der Waals surface area contributed by atoms with E-state index in [1.807, 2.05) is 13.8 Å². The highest BCUT2D eigenvalue weighted by atomic mass is 32.2. The van der Waals surface area contributed by atoms with Crippen LogP contribution in [0.5, 0.6) is 0 Å². The predicted molar refractivity (Wildman–Crippen MR) is 76.5 cm³/mol. The van der Waals surface area contributed by atoms with Crippen LogP contribution in [0.4, 0.5) is 5.69 Å². The molecule has 0 bridgehead atoms. The maximum absolute atomic E-state index is 12.4. The van der Waals surface area contributed by atoms with Crippen molar-refractivity contribution in [2.45, 2.75) is 32.7 Å². The number of nitrogens with zero attached hydrogens (tertiary/aromatic N) is 1. The maximum Gasteiger partial charge on any atom is 0.301 e. The molecule has 20 heavy (non-hydrogen) atoms. The third kappa shape index (κ3) is 3.49. The van der Waals surface area contributed by atoms with Crippen LogP contribution in [-0.4, -0.2) is 43.1 Å². The van der Waals surface area contributed by atoms with Crippen molar-refractivity contribution in [3.63, 3.8) is 0 Å². The number of hydrogen-bond acceptors (Lipinski definition) is 4. The Morgan fingerprint density at radius 3 is 2.50 bits per heavy atom. The topological polar surface area (TPSA) is 78.9 Å². The number of anilines is 1. The number of hydrogen-bond donors (Lipinski definition) is 2. The standard InChI is InChI=1S/C13H20N2O4S/c1-10-7-15(8-11(2)19-10)20(17,18)14-13-6-4-3-5-12(13)9-16/h3-6,10-11,14,16H,7-9H2,1-2H3. The highest BCUT2D eigenvalue weighted by Crippen LogP contribution is 2.20. The molecule has 2 N–H and O–H groups in total. The Labute approximate surface area is 119 Å². The first-order valence-electron chi connectivity index (χ1n) is 6.54. The molecular formula is C13H20N2O4S. The second kappa shape index (κ2) is 6.09. The summed E-state index contributed by atoms with van der Waals surface area (Å²) in [5.74, 6) is 0. The van der Waals surface area contributed by atoms with E-state index < -0.39 is 10.2 Å². The first kappa shape index (κ1) is 15.2. The van der Waals surface area contributed by atoms with E-state index in [1.165, 1.54) is 4.31 Å². The molecule has 0 radical (unpaired) electrons. The van der Waals surface area contributed by atoms with Crippen molar-refractivity contribution < 1.29 is 18.3 Å². The highest BCUT2D eigenvalue weighted by molar-refractivity contribution is 7.90. The maximum atomic E-state index is 12.4. The molecule has 2 atom stereocenters. The zero-order chi connectivity index (χ0) is 14.8. The van der Waals surface area contributed by atoms with Crippen LogP contribution in [0.15, 0.2) is 24.3 Å². The van der Waals surface area contributed by atoms with E-state index in [4.69, 9.17) is 4.74 Å². The summed E-state index contributed by atoms with van der Waals surface area (Å²) in [6.07, 6.45) is -0.271. The number of aliphatic hydroxyl groups excluding tert-OH is 1. The summed E-state index contributed by atoms with van der Waals surface area (Å²) in [7, 11) is -3.64. The van der Waals surface area contributed by atoms with E-state index in [0.29, 0.717) is 24.3 Å². The van der Waals surface area contributed by atoms with Crippen molar-refractivity contribution in [3.8, 4) is 0 Å². The van der Waals surface area contributed by atoms with Gasteiger partial charge in [-0.05, 0) is 19.9 Å². The molecule has 2 rings (SSSR count). The van der Waals surface area contributed by atoms with E-state index in [2.05, 4.69) is 4.72 Å². The number of morpholine rings is 1. The molecule has 0 spiro atoms. The molecule has 1 aromatic carbocycles. The predicted octanol–water partition coefficient (Wildman–Crippen LogP) is 0.945. The smallest absolute Gasteiger partial charge is 0.301 e. The first-order chi connectivity index (χ1) is 9.42. The molecular weight excluding hydrogens is 280 g/mol. The van der Waals surface area contributed by atoms with Gasteiger partial charge in [0.25, 0.3) is 0 Å². The molecule has 2 unspecified atom stereocenters. The minimum Gasteiger partial charge on any atom is -0.392 e. The lowest BCUT2D eigenvalue weighted by atomic mass is 10.2. The molecule has 1 heterocycles. The van der Waals surface area contributed by atoms with Crippen LogP contribution in [0, 0.1) is 0 Å². The molecule has 6 nitrogen and oxygen atoms in total. The molecule has 0 amide bonds.